The van der Waals surface area contributed by atoms with Gasteiger partial charge in [-0.05, 0) is 25.5 Å². The third-order valence-corrected chi connectivity index (χ3v) is 2.69. The van der Waals surface area contributed by atoms with Gasteiger partial charge in [-0.25, -0.2) is 4.98 Å². The standard InChI is InChI=1S/C14H19N3O/c1-4-8-17-10-11(2)15-14(17)16-12-6-5-7-13(9-12)18-3/h5-7,9-10H,4,8H2,1-3H3,(H,15,16). The predicted molar refractivity (Wildman–Crippen MR) is 73.5 cm³/mol. The van der Waals surface area contributed by atoms with E-state index in [0.29, 0.717) is 0 Å². The monoisotopic (exact) mass is 245 g/mol. The maximum Gasteiger partial charge on any atom is 0.207 e. The van der Waals surface area contributed by atoms with Gasteiger partial charge >= 0.3 is 0 Å². The maximum absolute atomic E-state index is 5.21. The molecule has 0 spiro atoms. The highest BCUT2D eigenvalue weighted by molar-refractivity contribution is 5.56. The third-order valence-electron chi connectivity index (χ3n) is 2.69. The molecule has 18 heavy (non-hydrogen) atoms. The van der Waals surface area contributed by atoms with E-state index in [1.54, 1.807) is 7.11 Å². The Morgan fingerprint density at radius 3 is 2.94 bits per heavy atom. The normalized spacial score (nSPS) is 10.4. The first-order chi connectivity index (χ1) is 8.72. The van der Waals surface area contributed by atoms with E-state index in [0.717, 1.165) is 36.0 Å². The Hall–Kier alpha value is -1.97. The summed E-state index contributed by atoms with van der Waals surface area (Å²) in [5.41, 5.74) is 2.01. The van der Waals surface area contributed by atoms with E-state index in [2.05, 4.69) is 28.0 Å². The molecule has 1 heterocycles. The largest absolute Gasteiger partial charge is 0.497 e. The summed E-state index contributed by atoms with van der Waals surface area (Å²) in [6.45, 7) is 5.13. The van der Waals surface area contributed by atoms with Crippen LogP contribution in [0.4, 0.5) is 11.6 Å². The highest BCUT2D eigenvalue weighted by Gasteiger charge is 2.05. The Bertz CT molecular complexity index is 520. The van der Waals surface area contributed by atoms with E-state index in [-0.39, 0.29) is 0 Å². The Labute approximate surface area is 108 Å². The molecule has 4 nitrogen and oxygen atoms in total. The van der Waals surface area contributed by atoms with Crippen LogP contribution in [-0.4, -0.2) is 16.7 Å². The van der Waals surface area contributed by atoms with Crippen LogP contribution >= 0.6 is 0 Å². The van der Waals surface area contributed by atoms with Crippen LogP contribution in [-0.2, 0) is 6.54 Å². The van der Waals surface area contributed by atoms with Crippen LogP contribution in [0.25, 0.3) is 0 Å². The summed E-state index contributed by atoms with van der Waals surface area (Å²) in [7, 11) is 1.67. The van der Waals surface area contributed by atoms with Gasteiger partial charge in [0, 0.05) is 24.5 Å². The Morgan fingerprint density at radius 2 is 2.22 bits per heavy atom. The molecule has 0 saturated heterocycles. The molecule has 0 atom stereocenters. The minimum Gasteiger partial charge on any atom is -0.497 e. The van der Waals surface area contributed by atoms with Gasteiger partial charge in [0.2, 0.25) is 5.95 Å². The molecular formula is C14H19N3O. The summed E-state index contributed by atoms with van der Waals surface area (Å²) >= 11 is 0. The maximum atomic E-state index is 5.21. The van der Waals surface area contributed by atoms with E-state index in [9.17, 15) is 0 Å². The first-order valence-corrected chi connectivity index (χ1v) is 6.17. The van der Waals surface area contributed by atoms with Crippen LogP contribution in [0.15, 0.2) is 30.5 Å². The molecule has 0 fully saturated rings. The summed E-state index contributed by atoms with van der Waals surface area (Å²) in [5.74, 6) is 1.72. The highest BCUT2D eigenvalue weighted by atomic mass is 16.5. The van der Waals surface area contributed by atoms with Crippen LogP contribution in [0, 0.1) is 6.92 Å². The van der Waals surface area contributed by atoms with Crippen LogP contribution in [0.1, 0.15) is 19.0 Å². The molecule has 0 amide bonds. The van der Waals surface area contributed by atoms with Crippen molar-refractivity contribution in [2.75, 3.05) is 12.4 Å². The summed E-state index contributed by atoms with van der Waals surface area (Å²) < 4.78 is 7.34. The second kappa shape index (κ2) is 5.58. The van der Waals surface area contributed by atoms with Crippen molar-refractivity contribution in [1.82, 2.24) is 9.55 Å². The smallest absolute Gasteiger partial charge is 0.207 e. The number of nitrogens with one attached hydrogen (secondary N) is 1. The molecule has 0 bridgehead atoms. The molecule has 2 rings (SSSR count). The molecule has 0 aliphatic carbocycles. The molecule has 1 aromatic carbocycles. The number of anilines is 2. The van der Waals surface area contributed by atoms with Gasteiger partial charge in [0.05, 0.1) is 12.8 Å². The second-order valence-corrected chi connectivity index (χ2v) is 4.26. The minimum atomic E-state index is 0.838. The van der Waals surface area contributed by atoms with Crippen LogP contribution in [0.2, 0.25) is 0 Å². The molecule has 96 valence electrons. The number of rotatable bonds is 5. The molecule has 1 N–H and O–H groups in total. The third kappa shape index (κ3) is 2.83. The lowest BCUT2D eigenvalue weighted by molar-refractivity contribution is 0.415. The van der Waals surface area contributed by atoms with E-state index in [1.807, 2.05) is 31.2 Å². The van der Waals surface area contributed by atoms with Gasteiger partial charge in [0.1, 0.15) is 5.75 Å². The fourth-order valence-corrected chi connectivity index (χ4v) is 1.89. The molecule has 0 radical (unpaired) electrons. The number of ether oxygens (including phenoxy) is 1. The highest BCUT2D eigenvalue weighted by Crippen LogP contribution is 2.21. The van der Waals surface area contributed by atoms with Crippen LogP contribution in [0.5, 0.6) is 5.75 Å². The number of methoxy groups -OCH3 is 1. The zero-order valence-corrected chi connectivity index (χ0v) is 11.1. The number of imidazole rings is 1. The minimum absolute atomic E-state index is 0.838. The molecule has 4 heteroatoms. The number of hydrogen-bond acceptors (Lipinski definition) is 3. The first-order valence-electron chi connectivity index (χ1n) is 6.17. The SMILES string of the molecule is CCCn1cc(C)nc1Nc1cccc(OC)c1. The Kier molecular flexibility index (Phi) is 3.87. The van der Waals surface area contributed by atoms with Crippen molar-refractivity contribution in [3.05, 3.63) is 36.2 Å². The summed E-state index contributed by atoms with van der Waals surface area (Å²) in [6, 6.07) is 7.85. The molecule has 0 unspecified atom stereocenters. The van der Waals surface area contributed by atoms with E-state index in [4.69, 9.17) is 4.74 Å². The molecule has 0 saturated carbocycles. The number of aryl methyl sites for hydroxylation is 2. The van der Waals surface area contributed by atoms with Crippen molar-refractivity contribution in [1.29, 1.82) is 0 Å². The molecule has 0 aliphatic rings. The summed E-state index contributed by atoms with van der Waals surface area (Å²) in [6.07, 6.45) is 3.15. The van der Waals surface area contributed by atoms with Crippen molar-refractivity contribution >= 4 is 11.6 Å². The van der Waals surface area contributed by atoms with Gasteiger partial charge in [-0.3, -0.25) is 0 Å². The van der Waals surface area contributed by atoms with E-state index >= 15 is 0 Å². The zero-order chi connectivity index (χ0) is 13.0. The van der Waals surface area contributed by atoms with E-state index in [1.165, 1.54) is 0 Å². The van der Waals surface area contributed by atoms with Gasteiger partial charge in [0.25, 0.3) is 0 Å². The molecule has 1 aromatic heterocycles. The predicted octanol–water partition coefficient (Wildman–Crippen LogP) is 3.35. The van der Waals surface area contributed by atoms with Crippen molar-refractivity contribution in [2.45, 2.75) is 26.8 Å². The second-order valence-electron chi connectivity index (χ2n) is 4.26. The summed E-state index contributed by atoms with van der Waals surface area (Å²) in [4.78, 5) is 4.49. The van der Waals surface area contributed by atoms with Gasteiger partial charge in [-0.1, -0.05) is 13.0 Å². The quantitative estimate of drug-likeness (QED) is 0.878. The van der Waals surface area contributed by atoms with Gasteiger partial charge in [-0.2, -0.15) is 0 Å². The lowest BCUT2D eigenvalue weighted by atomic mass is 10.3. The lowest BCUT2D eigenvalue weighted by Crippen LogP contribution is -2.02. The van der Waals surface area contributed by atoms with Crippen molar-refractivity contribution in [3.8, 4) is 5.75 Å². The van der Waals surface area contributed by atoms with Crippen molar-refractivity contribution in [3.63, 3.8) is 0 Å². The average molecular weight is 245 g/mol. The number of benzene rings is 1. The Morgan fingerprint density at radius 1 is 1.39 bits per heavy atom. The van der Waals surface area contributed by atoms with Gasteiger partial charge in [0.15, 0.2) is 0 Å². The molecule has 2 aromatic rings. The van der Waals surface area contributed by atoms with Crippen molar-refractivity contribution in [2.24, 2.45) is 0 Å². The van der Waals surface area contributed by atoms with Crippen LogP contribution < -0.4 is 10.1 Å². The van der Waals surface area contributed by atoms with E-state index < -0.39 is 0 Å². The number of hydrogen-bond donors (Lipinski definition) is 1. The Balaban J connectivity index is 2.21. The lowest BCUT2D eigenvalue weighted by Gasteiger charge is -2.09. The zero-order valence-electron chi connectivity index (χ0n) is 11.1. The molecule has 0 aliphatic heterocycles. The number of nitrogens with zero attached hydrogens (tertiary/aromatic N) is 2. The first kappa shape index (κ1) is 12.5. The number of aromatic nitrogens is 2. The summed E-state index contributed by atoms with van der Waals surface area (Å²) in [5, 5.41) is 3.32. The topological polar surface area (TPSA) is 39.1 Å². The van der Waals surface area contributed by atoms with Crippen LogP contribution in [0.3, 0.4) is 0 Å². The van der Waals surface area contributed by atoms with Gasteiger partial charge < -0.3 is 14.6 Å². The fraction of sp³-hybridized carbons (Fsp3) is 0.357. The van der Waals surface area contributed by atoms with Gasteiger partial charge in [-0.15, -0.1) is 0 Å². The average Bonchev–Trinajstić information content (AvgIpc) is 2.70. The fourth-order valence-electron chi connectivity index (χ4n) is 1.89. The molecular weight excluding hydrogens is 226 g/mol. The van der Waals surface area contributed by atoms with Crippen molar-refractivity contribution < 1.29 is 4.74 Å².